The van der Waals surface area contributed by atoms with Crippen molar-refractivity contribution in [1.82, 2.24) is 0 Å². The van der Waals surface area contributed by atoms with Crippen molar-refractivity contribution in [3.63, 3.8) is 0 Å². The van der Waals surface area contributed by atoms with E-state index in [2.05, 4.69) is 0 Å². The Hall–Kier alpha value is -0.770. The monoisotopic (exact) mass is 241 g/mol. The molecule has 1 aliphatic rings. The van der Waals surface area contributed by atoms with Crippen LogP contribution in [0.15, 0.2) is 12.1 Å². The first-order valence-electron chi connectivity index (χ1n) is 5.43. The van der Waals surface area contributed by atoms with E-state index in [1.54, 1.807) is 19.1 Å². The van der Waals surface area contributed by atoms with Crippen molar-refractivity contribution in [3.8, 4) is 5.75 Å². The van der Waals surface area contributed by atoms with E-state index in [0.29, 0.717) is 16.1 Å². The first kappa shape index (κ1) is 11.7. The van der Waals surface area contributed by atoms with Crippen molar-refractivity contribution in [2.75, 3.05) is 0 Å². The summed E-state index contributed by atoms with van der Waals surface area (Å²) in [4.78, 5) is 0. The molecular weight excluding hydrogens is 226 g/mol. The SMILES string of the molecule is Cc1cc(Cl)cc([C@H](N)[C@H](O)C2CC2)c1O. The summed E-state index contributed by atoms with van der Waals surface area (Å²) in [5.41, 5.74) is 7.16. The molecule has 4 heteroatoms. The summed E-state index contributed by atoms with van der Waals surface area (Å²) >= 11 is 5.92. The highest BCUT2D eigenvalue weighted by Gasteiger charge is 2.35. The van der Waals surface area contributed by atoms with Crippen LogP contribution in [0.3, 0.4) is 0 Å². The van der Waals surface area contributed by atoms with Crippen LogP contribution in [0.2, 0.25) is 5.02 Å². The minimum absolute atomic E-state index is 0.136. The van der Waals surface area contributed by atoms with Gasteiger partial charge in [0.05, 0.1) is 12.1 Å². The second-order valence-corrected chi connectivity index (χ2v) is 4.95. The normalized spacial score (nSPS) is 19.5. The molecule has 4 N–H and O–H groups in total. The fraction of sp³-hybridized carbons (Fsp3) is 0.500. The van der Waals surface area contributed by atoms with E-state index in [1.807, 2.05) is 0 Å². The highest BCUT2D eigenvalue weighted by molar-refractivity contribution is 6.30. The molecule has 0 aliphatic heterocycles. The van der Waals surface area contributed by atoms with Crippen molar-refractivity contribution in [2.24, 2.45) is 11.7 Å². The van der Waals surface area contributed by atoms with Crippen LogP contribution in [0.1, 0.15) is 30.0 Å². The van der Waals surface area contributed by atoms with Crippen molar-refractivity contribution in [3.05, 3.63) is 28.3 Å². The predicted octanol–water partition coefficient (Wildman–Crippen LogP) is 2.12. The van der Waals surface area contributed by atoms with Gasteiger partial charge in [-0.2, -0.15) is 0 Å². The molecule has 0 saturated heterocycles. The predicted molar refractivity (Wildman–Crippen MR) is 63.5 cm³/mol. The van der Waals surface area contributed by atoms with E-state index < -0.39 is 12.1 Å². The molecule has 2 rings (SSSR count). The van der Waals surface area contributed by atoms with Gasteiger partial charge in [-0.3, -0.25) is 0 Å². The molecule has 0 heterocycles. The maximum Gasteiger partial charge on any atom is 0.123 e. The number of benzene rings is 1. The largest absolute Gasteiger partial charge is 0.507 e. The lowest BCUT2D eigenvalue weighted by atomic mass is 9.96. The lowest BCUT2D eigenvalue weighted by Gasteiger charge is -2.20. The van der Waals surface area contributed by atoms with Gasteiger partial charge in [0, 0.05) is 10.6 Å². The smallest absolute Gasteiger partial charge is 0.123 e. The third-order valence-corrected chi connectivity index (χ3v) is 3.35. The summed E-state index contributed by atoms with van der Waals surface area (Å²) in [6.45, 7) is 1.76. The number of nitrogens with two attached hydrogens (primary N) is 1. The second kappa shape index (κ2) is 4.24. The third kappa shape index (κ3) is 2.17. The molecule has 2 atom stereocenters. The molecule has 1 aromatic carbocycles. The van der Waals surface area contributed by atoms with Gasteiger partial charge in [0.2, 0.25) is 0 Å². The molecule has 0 aromatic heterocycles. The molecule has 1 saturated carbocycles. The summed E-state index contributed by atoms with van der Waals surface area (Å²) in [6.07, 6.45) is 1.42. The quantitative estimate of drug-likeness (QED) is 0.760. The van der Waals surface area contributed by atoms with Gasteiger partial charge in [-0.1, -0.05) is 11.6 Å². The fourth-order valence-electron chi connectivity index (χ4n) is 1.93. The lowest BCUT2D eigenvalue weighted by molar-refractivity contribution is 0.121. The Morgan fingerprint density at radius 3 is 2.62 bits per heavy atom. The van der Waals surface area contributed by atoms with Gasteiger partial charge >= 0.3 is 0 Å². The van der Waals surface area contributed by atoms with Crippen molar-refractivity contribution < 1.29 is 10.2 Å². The van der Waals surface area contributed by atoms with Crippen LogP contribution in [0.5, 0.6) is 5.75 Å². The summed E-state index contributed by atoms with van der Waals surface area (Å²) in [5, 5.41) is 20.4. The van der Waals surface area contributed by atoms with E-state index >= 15 is 0 Å². The third-order valence-electron chi connectivity index (χ3n) is 3.13. The summed E-state index contributed by atoms with van der Waals surface area (Å²) < 4.78 is 0. The first-order chi connectivity index (χ1) is 7.50. The number of halogens is 1. The van der Waals surface area contributed by atoms with E-state index in [9.17, 15) is 10.2 Å². The standard InChI is InChI=1S/C12H16ClNO2/c1-6-4-8(13)5-9(11(6)15)10(14)12(16)7-2-3-7/h4-5,7,10,12,15-16H,2-3,14H2,1H3/t10-,12+/m0/s1. The van der Waals surface area contributed by atoms with Crippen molar-refractivity contribution in [2.45, 2.75) is 31.9 Å². The molecule has 0 radical (unpaired) electrons. The summed E-state index contributed by atoms with van der Waals surface area (Å²) in [5.74, 6) is 0.408. The maximum absolute atomic E-state index is 9.94. The minimum Gasteiger partial charge on any atom is -0.507 e. The number of aliphatic hydroxyl groups is 1. The van der Waals surface area contributed by atoms with Gasteiger partial charge < -0.3 is 15.9 Å². The number of rotatable bonds is 3. The van der Waals surface area contributed by atoms with Gasteiger partial charge in [0.1, 0.15) is 5.75 Å². The van der Waals surface area contributed by atoms with Crippen LogP contribution in [0, 0.1) is 12.8 Å². The topological polar surface area (TPSA) is 66.5 Å². The number of hydrogen-bond acceptors (Lipinski definition) is 3. The van der Waals surface area contributed by atoms with E-state index in [0.717, 1.165) is 12.8 Å². The number of aromatic hydroxyl groups is 1. The van der Waals surface area contributed by atoms with Crippen LogP contribution in [0.25, 0.3) is 0 Å². The molecule has 3 nitrogen and oxygen atoms in total. The van der Waals surface area contributed by atoms with Crippen LogP contribution in [0.4, 0.5) is 0 Å². The number of aliphatic hydroxyl groups excluding tert-OH is 1. The second-order valence-electron chi connectivity index (χ2n) is 4.51. The average molecular weight is 242 g/mol. The summed E-state index contributed by atoms with van der Waals surface area (Å²) in [7, 11) is 0. The zero-order valence-corrected chi connectivity index (χ0v) is 9.91. The van der Waals surface area contributed by atoms with Crippen molar-refractivity contribution >= 4 is 11.6 Å². The highest BCUT2D eigenvalue weighted by atomic mass is 35.5. The van der Waals surface area contributed by atoms with Gasteiger partial charge in [0.25, 0.3) is 0 Å². The zero-order valence-electron chi connectivity index (χ0n) is 9.15. The minimum atomic E-state index is -0.594. The average Bonchev–Trinajstić information content (AvgIpc) is 3.05. The van der Waals surface area contributed by atoms with Gasteiger partial charge in [0.15, 0.2) is 0 Å². The maximum atomic E-state index is 9.94. The molecule has 1 fully saturated rings. The Morgan fingerprint density at radius 1 is 1.44 bits per heavy atom. The van der Waals surface area contributed by atoms with E-state index in [4.69, 9.17) is 17.3 Å². The molecule has 0 bridgehead atoms. The molecule has 0 spiro atoms. The van der Waals surface area contributed by atoms with Crippen LogP contribution in [-0.2, 0) is 0 Å². The Morgan fingerprint density at radius 2 is 2.06 bits per heavy atom. The van der Waals surface area contributed by atoms with Gasteiger partial charge in [-0.25, -0.2) is 0 Å². The Balaban J connectivity index is 2.31. The molecule has 88 valence electrons. The molecule has 1 aliphatic carbocycles. The van der Waals surface area contributed by atoms with Gasteiger partial charge in [-0.05, 0) is 43.4 Å². The number of phenols is 1. The van der Waals surface area contributed by atoms with Crippen LogP contribution < -0.4 is 5.73 Å². The Labute approximate surface area is 99.8 Å². The van der Waals surface area contributed by atoms with Crippen molar-refractivity contribution in [1.29, 1.82) is 0 Å². The number of phenolic OH excluding ortho intramolecular Hbond substituents is 1. The van der Waals surface area contributed by atoms with Gasteiger partial charge in [-0.15, -0.1) is 0 Å². The molecule has 0 amide bonds. The van der Waals surface area contributed by atoms with E-state index in [1.165, 1.54) is 0 Å². The van der Waals surface area contributed by atoms with E-state index in [-0.39, 0.29) is 11.7 Å². The molecular formula is C12H16ClNO2. The summed E-state index contributed by atoms with van der Waals surface area (Å²) in [6, 6.07) is 2.74. The Kier molecular flexibility index (Phi) is 3.10. The highest BCUT2D eigenvalue weighted by Crippen LogP contribution is 2.40. The first-order valence-corrected chi connectivity index (χ1v) is 5.81. The molecule has 1 aromatic rings. The molecule has 0 unspecified atom stereocenters. The number of hydrogen-bond donors (Lipinski definition) is 3. The van der Waals surface area contributed by atoms with Crippen LogP contribution in [-0.4, -0.2) is 16.3 Å². The fourth-order valence-corrected chi connectivity index (χ4v) is 2.21. The lowest BCUT2D eigenvalue weighted by Crippen LogP contribution is -2.28. The van der Waals surface area contributed by atoms with Crippen LogP contribution >= 0.6 is 11.6 Å². The molecule has 16 heavy (non-hydrogen) atoms. The Bertz CT molecular complexity index is 404. The number of aryl methyl sites for hydroxylation is 1. The zero-order chi connectivity index (χ0) is 11.9.